The van der Waals surface area contributed by atoms with Crippen LogP contribution in [0.4, 0.5) is 0 Å². The lowest BCUT2D eigenvalue weighted by atomic mass is 9.37. The molecule has 0 saturated carbocycles. The van der Waals surface area contributed by atoms with Gasteiger partial charge in [-0.15, -0.1) is 40.6 Å². The maximum atomic E-state index is 3.67. The molecule has 0 bridgehead atoms. The van der Waals surface area contributed by atoms with Crippen molar-refractivity contribution < 1.29 is 0 Å². The minimum absolute atomic E-state index is 0.245. The Balaban J connectivity index is 0.000000681. The molecular formula is C36H41BS3. The van der Waals surface area contributed by atoms with Crippen LogP contribution in [-0.2, 0) is 0 Å². The van der Waals surface area contributed by atoms with E-state index in [-0.39, 0.29) is 6.71 Å². The molecule has 0 aliphatic rings. The molecule has 4 heteroatoms. The Morgan fingerprint density at radius 1 is 0.600 bits per heavy atom. The molecule has 0 fully saturated rings. The van der Waals surface area contributed by atoms with E-state index < -0.39 is 0 Å². The van der Waals surface area contributed by atoms with Crippen LogP contribution in [0.15, 0.2) is 72.8 Å². The molecule has 0 N–H and O–H groups in total. The summed E-state index contributed by atoms with van der Waals surface area (Å²) in [7, 11) is 0. The molecule has 0 aliphatic carbocycles. The van der Waals surface area contributed by atoms with Crippen LogP contribution in [0.2, 0.25) is 0 Å². The Kier molecular flexibility index (Phi) is 9.77. The molecule has 2 aromatic carbocycles. The third-order valence-corrected chi connectivity index (χ3v) is 11.0. The topological polar surface area (TPSA) is 0 Å². The minimum atomic E-state index is 0.245. The maximum Gasteiger partial charge on any atom is 0.255 e. The van der Waals surface area contributed by atoms with Crippen LogP contribution in [0, 0.1) is 48.5 Å². The van der Waals surface area contributed by atoms with Crippen LogP contribution in [0.3, 0.4) is 0 Å². The van der Waals surface area contributed by atoms with Crippen molar-refractivity contribution in [1.29, 1.82) is 0 Å². The first kappa shape index (κ1) is 30.3. The van der Waals surface area contributed by atoms with E-state index in [4.69, 9.17) is 0 Å². The van der Waals surface area contributed by atoms with Gasteiger partial charge in [0.25, 0.3) is 6.71 Å². The van der Waals surface area contributed by atoms with Gasteiger partial charge in [-0.05, 0) is 96.9 Å². The molecule has 3 aromatic heterocycles. The molecule has 206 valence electrons. The third-order valence-electron chi connectivity index (χ3n) is 7.40. The number of aryl methyl sites for hydroxylation is 7. The maximum absolute atomic E-state index is 3.67. The molecule has 40 heavy (non-hydrogen) atoms. The summed E-state index contributed by atoms with van der Waals surface area (Å²) in [5.41, 5.74) is 12.4. The fourth-order valence-corrected chi connectivity index (χ4v) is 8.71. The van der Waals surface area contributed by atoms with Gasteiger partial charge in [0.1, 0.15) is 0 Å². The highest BCUT2D eigenvalue weighted by atomic mass is 32.1. The molecule has 3 heterocycles. The number of rotatable bonds is 6. The Bertz CT molecular complexity index is 1540. The standard InChI is InChI=1S/C31H31BS3.C5H10/c1-18-14-20(3)30(21(4)15-18)32(31-22(5)16-19(2)17-23(31)6)29-13-12-28(35-29)27-11-10-26(34-27)25-9-8-24(7)33-25;1-4-5(2)3/h8-17H,1-7H3;2,4H2,1,3H3. The van der Waals surface area contributed by atoms with Crippen molar-refractivity contribution in [2.75, 3.05) is 0 Å². The van der Waals surface area contributed by atoms with E-state index >= 15 is 0 Å². The third kappa shape index (κ3) is 6.79. The van der Waals surface area contributed by atoms with E-state index in [0.29, 0.717) is 0 Å². The lowest BCUT2D eigenvalue weighted by Gasteiger charge is -2.23. The van der Waals surface area contributed by atoms with Crippen molar-refractivity contribution in [3.05, 3.63) is 111 Å². The predicted molar refractivity (Wildman–Crippen MR) is 187 cm³/mol. The second kappa shape index (κ2) is 12.9. The van der Waals surface area contributed by atoms with Crippen molar-refractivity contribution in [2.24, 2.45) is 0 Å². The molecule has 0 nitrogen and oxygen atoms in total. The lowest BCUT2D eigenvalue weighted by Crippen LogP contribution is -2.54. The van der Waals surface area contributed by atoms with Crippen LogP contribution >= 0.6 is 34.0 Å². The SMILES string of the molecule is C=C(C)CC.Cc1cc(C)c(B(c2ccc(-c3ccc(-c4ccc(C)s4)s3)s2)c2c(C)cc(C)cc2C)c(C)c1. The Labute approximate surface area is 254 Å². The quantitative estimate of drug-likeness (QED) is 0.139. The second-order valence-electron chi connectivity index (χ2n) is 11.1. The fraction of sp³-hybridized carbons (Fsp3) is 0.278. The van der Waals surface area contributed by atoms with Gasteiger partial charge in [0, 0.05) is 24.4 Å². The highest BCUT2D eigenvalue weighted by molar-refractivity contribution is 7.32. The van der Waals surface area contributed by atoms with Crippen LogP contribution in [0.25, 0.3) is 19.5 Å². The fourth-order valence-electron chi connectivity index (χ4n) is 5.53. The summed E-state index contributed by atoms with van der Waals surface area (Å²) in [6.07, 6.45) is 1.11. The number of hydrogen-bond donors (Lipinski definition) is 0. The highest BCUT2D eigenvalue weighted by Crippen LogP contribution is 2.38. The van der Waals surface area contributed by atoms with E-state index in [9.17, 15) is 0 Å². The van der Waals surface area contributed by atoms with Gasteiger partial charge in [-0.3, -0.25) is 0 Å². The average Bonchev–Trinajstić information content (AvgIpc) is 3.63. The van der Waals surface area contributed by atoms with Gasteiger partial charge in [0.2, 0.25) is 0 Å². The number of hydrogen-bond acceptors (Lipinski definition) is 3. The zero-order valence-corrected chi connectivity index (χ0v) is 27.9. The van der Waals surface area contributed by atoms with Gasteiger partial charge in [-0.2, -0.15) is 0 Å². The second-order valence-corrected chi connectivity index (χ2v) is 14.6. The van der Waals surface area contributed by atoms with Gasteiger partial charge in [-0.25, -0.2) is 0 Å². The molecule has 5 aromatic rings. The van der Waals surface area contributed by atoms with Crippen molar-refractivity contribution in [3.8, 4) is 19.5 Å². The lowest BCUT2D eigenvalue weighted by molar-refractivity contribution is 1.11. The largest absolute Gasteiger partial charge is 0.255 e. The minimum Gasteiger partial charge on any atom is -0.148 e. The van der Waals surface area contributed by atoms with E-state index in [0.717, 1.165) is 6.42 Å². The van der Waals surface area contributed by atoms with Gasteiger partial charge in [0.05, 0.1) is 0 Å². The van der Waals surface area contributed by atoms with E-state index in [1.165, 1.54) is 79.0 Å². The molecule has 0 unspecified atom stereocenters. The van der Waals surface area contributed by atoms with Gasteiger partial charge in [0.15, 0.2) is 0 Å². The van der Waals surface area contributed by atoms with Gasteiger partial charge < -0.3 is 0 Å². The highest BCUT2D eigenvalue weighted by Gasteiger charge is 2.30. The van der Waals surface area contributed by atoms with E-state index in [1.807, 2.05) is 40.9 Å². The van der Waals surface area contributed by atoms with Crippen LogP contribution in [-0.4, -0.2) is 6.71 Å². The van der Waals surface area contributed by atoms with Gasteiger partial charge >= 0.3 is 0 Å². The summed E-state index contributed by atoms with van der Waals surface area (Å²) < 4.78 is 1.42. The summed E-state index contributed by atoms with van der Waals surface area (Å²) in [4.78, 5) is 6.81. The monoisotopic (exact) mass is 580 g/mol. The zero-order valence-electron chi connectivity index (χ0n) is 25.5. The number of allylic oxidation sites excluding steroid dienone is 1. The average molecular weight is 581 g/mol. The Hall–Kier alpha value is -2.66. The molecule has 5 rings (SSSR count). The summed E-state index contributed by atoms with van der Waals surface area (Å²) in [6.45, 7) is 23.8. The first-order chi connectivity index (χ1) is 19.0. The molecular weight excluding hydrogens is 539 g/mol. The van der Waals surface area contributed by atoms with E-state index in [1.54, 1.807) is 0 Å². The number of thiophene rings is 3. The van der Waals surface area contributed by atoms with Crippen LogP contribution in [0.5, 0.6) is 0 Å². The van der Waals surface area contributed by atoms with Crippen molar-refractivity contribution in [2.45, 2.75) is 68.7 Å². The Morgan fingerprint density at radius 3 is 1.38 bits per heavy atom. The molecule has 0 amide bonds. The summed E-state index contributed by atoms with van der Waals surface area (Å²) >= 11 is 5.74. The summed E-state index contributed by atoms with van der Waals surface area (Å²) in [5, 5.41) is 0. The first-order valence-corrected chi connectivity index (χ1v) is 16.5. The van der Waals surface area contributed by atoms with Crippen molar-refractivity contribution in [1.82, 2.24) is 0 Å². The molecule has 0 saturated heterocycles. The predicted octanol–water partition coefficient (Wildman–Crippen LogP) is 9.85. The van der Waals surface area contributed by atoms with Gasteiger partial charge in [-0.1, -0.05) is 87.1 Å². The summed E-state index contributed by atoms with van der Waals surface area (Å²) in [6, 6.07) is 23.1. The molecule has 0 atom stereocenters. The zero-order chi connectivity index (χ0) is 29.1. The molecule has 0 spiro atoms. The summed E-state index contributed by atoms with van der Waals surface area (Å²) in [5.74, 6) is 0. The van der Waals surface area contributed by atoms with Crippen LogP contribution < -0.4 is 15.7 Å². The smallest absolute Gasteiger partial charge is 0.148 e. The first-order valence-electron chi connectivity index (χ1n) is 14.0. The van der Waals surface area contributed by atoms with Crippen molar-refractivity contribution >= 4 is 56.4 Å². The number of benzene rings is 2. The Morgan fingerprint density at radius 2 is 0.975 bits per heavy atom. The molecule has 0 aliphatic heterocycles. The normalized spacial score (nSPS) is 10.8. The van der Waals surface area contributed by atoms with Crippen molar-refractivity contribution in [3.63, 3.8) is 0 Å². The van der Waals surface area contributed by atoms with Crippen LogP contribution in [0.1, 0.15) is 58.5 Å². The van der Waals surface area contributed by atoms with E-state index in [2.05, 4.69) is 123 Å². The molecule has 0 radical (unpaired) electrons.